The van der Waals surface area contributed by atoms with Crippen molar-refractivity contribution < 1.29 is 14.7 Å². The van der Waals surface area contributed by atoms with Crippen molar-refractivity contribution in [2.24, 2.45) is 0 Å². The van der Waals surface area contributed by atoms with Crippen LogP contribution in [-0.2, 0) is 0 Å². The summed E-state index contributed by atoms with van der Waals surface area (Å²) in [6.07, 6.45) is 1.64. The zero-order valence-corrected chi connectivity index (χ0v) is 7.74. The van der Waals surface area contributed by atoms with E-state index in [9.17, 15) is 9.59 Å². The van der Waals surface area contributed by atoms with Crippen LogP contribution < -0.4 is 0 Å². The molecule has 0 unspecified atom stereocenters. The number of carbonyl (C=O) groups excluding carboxylic acids is 1. The molecule has 0 aliphatic rings. The third-order valence-corrected chi connectivity index (χ3v) is 2.62. The quantitative estimate of drug-likeness (QED) is 0.785. The van der Waals surface area contributed by atoms with Gasteiger partial charge in [0.25, 0.3) is 0 Å². The van der Waals surface area contributed by atoms with Crippen molar-refractivity contribution in [2.75, 3.05) is 6.26 Å². The Hall–Kier alpha value is -0.880. The lowest BCUT2D eigenvalue weighted by Crippen LogP contribution is -1.95. The van der Waals surface area contributed by atoms with Crippen molar-refractivity contribution in [2.45, 2.75) is 0 Å². The van der Waals surface area contributed by atoms with Crippen molar-refractivity contribution in [3.05, 3.63) is 16.6 Å². The third kappa shape index (κ3) is 1.83. The summed E-state index contributed by atoms with van der Waals surface area (Å²) in [7, 11) is 0. The molecule has 0 aliphatic carbocycles. The van der Waals surface area contributed by atoms with E-state index in [1.165, 1.54) is 6.07 Å². The minimum absolute atomic E-state index is 0.0719. The maximum absolute atomic E-state index is 11.0. The Morgan fingerprint density at radius 2 is 2.33 bits per heavy atom. The topological polar surface area (TPSA) is 67.3 Å². The first-order chi connectivity index (χ1) is 5.65. The Morgan fingerprint density at radius 3 is 2.75 bits per heavy atom. The molecule has 0 aromatic carbocycles. The fraction of sp³-hybridized carbons (Fsp3) is 0.167. The molecule has 0 aliphatic heterocycles. The van der Waals surface area contributed by atoms with E-state index in [1.54, 1.807) is 6.26 Å². The minimum atomic E-state index is -1.11. The van der Waals surface area contributed by atoms with Crippen LogP contribution in [0.3, 0.4) is 0 Å². The molecule has 0 amide bonds. The third-order valence-electron chi connectivity index (χ3n) is 1.12. The van der Waals surface area contributed by atoms with Gasteiger partial charge in [-0.2, -0.15) is 4.37 Å². The van der Waals surface area contributed by atoms with Gasteiger partial charge >= 0.3 is 5.97 Å². The van der Waals surface area contributed by atoms with Gasteiger partial charge in [0.15, 0.2) is 5.69 Å². The molecule has 12 heavy (non-hydrogen) atoms. The van der Waals surface area contributed by atoms with Gasteiger partial charge in [0.05, 0.1) is 0 Å². The summed E-state index contributed by atoms with van der Waals surface area (Å²) in [6.45, 7) is 0. The Labute approximate surface area is 76.8 Å². The number of carboxylic acids is 1. The van der Waals surface area contributed by atoms with Gasteiger partial charge < -0.3 is 5.11 Å². The number of thioether (sulfide) groups is 1. The van der Waals surface area contributed by atoms with Gasteiger partial charge in [0.1, 0.15) is 4.88 Å². The van der Waals surface area contributed by atoms with E-state index in [2.05, 4.69) is 4.37 Å². The van der Waals surface area contributed by atoms with Crippen molar-refractivity contribution >= 4 is 34.4 Å². The molecule has 1 aromatic heterocycles. The van der Waals surface area contributed by atoms with Crippen molar-refractivity contribution in [1.29, 1.82) is 0 Å². The van der Waals surface area contributed by atoms with E-state index >= 15 is 0 Å². The molecule has 0 bridgehead atoms. The van der Waals surface area contributed by atoms with Crippen LogP contribution in [0, 0.1) is 0 Å². The minimum Gasteiger partial charge on any atom is -0.476 e. The molecule has 1 rings (SSSR count). The van der Waals surface area contributed by atoms with Gasteiger partial charge in [0, 0.05) is 0 Å². The van der Waals surface area contributed by atoms with Crippen molar-refractivity contribution in [3.63, 3.8) is 0 Å². The maximum atomic E-state index is 11.0. The first kappa shape index (κ1) is 9.21. The van der Waals surface area contributed by atoms with E-state index in [-0.39, 0.29) is 10.8 Å². The summed E-state index contributed by atoms with van der Waals surface area (Å²) < 4.78 is 3.59. The van der Waals surface area contributed by atoms with Crippen LogP contribution in [0.2, 0.25) is 0 Å². The second-order valence-electron chi connectivity index (χ2n) is 1.87. The highest BCUT2D eigenvalue weighted by Crippen LogP contribution is 2.15. The van der Waals surface area contributed by atoms with Gasteiger partial charge in [-0.05, 0) is 23.9 Å². The van der Waals surface area contributed by atoms with Crippen LogP contribution in [-0.4, -0.2) is 26.8 Å². The van der Waals surface area contributed by atoms with Crippen LogP contribution in [0.5, 0.6) is 0 Å². The van der Waals surface area contributed by atoms with Gasteiger partial charge in [-0.15, -0.1) is 0 Å². The lowest BCUT2D eigenvalue weighted by molar-refractivity contribution is 0.0692. The second kappa shape index (κ2) is 3.68. The van der Waals surface area contributed by atoms with Gasteiger partial charge in [-0.25, -0.2) is 4.79 Å². The SMILES string of the molecule is CSC(=O)c1cc(C(=O)O)ns1. The van der Waals surface area contributed by atoms with Gasteiger partial charge in [0.2, 0.25) is 5.12 Å². The van der Waals surface area contributed by atoms with E-state index < -0.39 is 5.97 Å². The molecule has 6 heteroatoms. The highest BCUT2D eigenvalue weighted by molar-refractivity contribution is 8.13. The number of hydrogen-bond donors (Lipinski definition) is 1. The average molecular weight is 203 g/mol. The van der Waals surface area contributed by atoms with Crippen molar-refractivity contribution in [1.82, 2.24) is 4.37 Å². The summed E-state index contributed by atoms with van der Waals surface area (Å²) >= 11 is 1.95. The van der Waals surface area contributed by atoms with Crippen LogP contribution in [0.4, 0.5) is 0 Å². The Bertz CT molecular complexity index is 320. The standard InChI is InChI=1S/C6H5NO3S2/c1-11-6(10)4-2-3(5(8)9)7-12-4/h2H,1H3,(H,8,9). The van der Waals surface area contributed by atoms with Crippen LogP contribution >= 0.6 is 23.3 Å². The molecule has 0 atom stereocenters. The number of aromatic nitrogens is 1. The number of nitrogens with zero attached hydrogens (tertiary/aromatic N) is 1. The molecular weight excluding hydrogens is 198 g/mol. The molecule has 1 N–H and O–H groups in total. The molecule has 1 heterocycles. The maximum Gasteiger partial charge on any atom is 0.355 e. The fourth-order valence-corrected chi connectivity index (χ4v) is 1.76. The Morgan fingerprint density at radius 1 is 1.67 bits per heavy atom. The summed E-state index contributed by atoms with van der Waals surface area (Å²) in [6, 6.07) is 1.28. The lowest BCUT2D eigenvalue weighted by atomic mass is 10.4. The molecule has 0 radical (unpaired) electrons. The summed E-state index contributed by atoms with van der Waals surface area (Å²) in [5.41, 5.74) is -0.0719. The largest absolute Gasteiger partial charge is 0.476 e. The molecule has 0 fully saturated rings. The van der Waals surface area contributed by atoms with E-state index in [0.717, 1.165) is 23.3 Å². The Kier molecular flexibility index (Phi) is 2.83. The smallest absolute Gasteiger partial charge is 0.355 e. The van der Waals surface area contributed by atoms with Crippen LogP contribution in [0.15, 0.2) is 6.07 Å². The number of hydrogen-bond acceptors (Lipinski definition) is 5. The summed E-state index contributed by atoms with van der Waals surface area (Å²) in [4.78, 5) is 21.7. The number of rotatable bonds is 2. The number of carboxylic acid groups (broad SMARTS) is 1. The molecule has 4 nitrogen and oxygen atoms in total. The fourth-order valence-electron chi connectivity index (χ4n) is 0.573. The zero-order chi connectivity index (χ0) is 9.14. The second-order valence-corrected chi connectivity index (χ2v) is 3.46. The van der Waals surface area contributed by atoms with Crippen molar-refractivity contribution in [3.8, 4) is 0 Å². The highest BCUT2D eigenvalue weighted by atomic mass is 32.2. The Balaban J connectivity index is 2.91. The molecular formula is C6H5NO3S2. The highest BCUT2D eigenvalue weighted by Gasteiger charge is 2.12. The molecule has 1 aromatic rings. The lowest BCUT2D eigenvalue weighted by Gasteiger charge is -1.85. The average Bonchev–Trinajstić information content (AvgIpc) is 2.51. The van der Waals surface area contributed by atoms with Crippen LogP contribution in [0.1, 0.15) is 20.2 Å². The predicted molar refractivity (Wildman–Crippen MR) is 46.9 cm³/mol. The number of aromatic carboxylic acids is 1. The molecule has 64 valence electrons. The van der Waals surface area contributed by atoms with E-state index in [4.69, 9.17) is 5.11 Å². The van der Waals surface area contributed by atoms with Crippen LogP contribution in [0.25, 0.3) is 0 Å². The molecule has 0 saturated carbocycles. The van der Waals surface area contributed by atoms with E-state index in [0.29, 0.717) is 4.88 Å². The van der Waals surface area contributed by atoms with E-state index in [1.807, 2.05) is 0 Å². The first-order valence-electron chi connectivity index (χ1n) is 2.93. The normalized spacial score (nSPS) is 9.75. The predicted octanol–water partition coefficient (Wildman–Crippen LogP) is 1.34. The summed E-state index contributed by atoms with van der Waals surface area (Å²) in [5.74, 6) is -1.11. The zero-order valence-electron chi connectivity index (χ0n) is 6.10. The van der Waals surface area contributed by atoms with Gasteiger partial charge in [-0.1, -0.05) is 11.8 Å². The molecule has 0 spiro atoms. The number of carbonyl (C=O) groups is 2. The van der Waals surface area contributed by atoms with Gasteiger partial charge in [-0.3, -0.25) is 4.79 Å². The summed E-state index contributed by atoms with van der Waals surface area (Å²) in [5, 5.41) is 8.33. The monoisotopic (exact) mass is 203 g/mol. The first-order valence-corrected chi connectivity index (χ1v) is 4.93. The molecule has 0 saturated heterocycles.